The van der Waals surface area contributed by atoms with Crippen molar-refractivity contribution in [1.29, 1.82) is 0 Å². The van der Waals surface area contributed by atoms with E-state index in [0.29, 0.717) is 18.2 Å². The number of nitrogens with zero attached hydrogens (tertiary/aromatic N) is 1. The Labute approximate surface area is 100 Å². The molecular weight excluding hydrogens is 220 g/mol. The fourth-order valence-corrected chi connectivity index (χ4v) is 2.25. The van der Waals surface area contributed by atoms with Crippen molar-refractivity contribution in [2.45, 2.75) is 38.5 Å². The number of hydrogen-bond donors (Lipinski definition) is 2. The van der Waals surface area contributed by atoms with E-state index in [9.17, 15) is 4.79 Å². The molecule has 1 aromatic rings. The van der Waals surface area contributed by atoms with Crippen LogP contribution in [0.4, 0.5) is 0 Å². The van der Waals surface area contributed by atoms with Crippen LogP contribution in [-0.4, -0.2) is 29.1 Å². The summed E-state index contributed by atoms with van der Waals surface area (Å²) in [5.41, 5.74) is 0.998. The molecule has 1 atom stereocenters. The molecule has 0 spiro atoms. The van der Waals surface area contributed by atoms with E-state index in [-0.39, 0.29) is 6.42 Å². The zero-order chi connectivity index (χ0) is 12.3. The highest BCUT2D eigenvalue weighted by Gasteiger charge is 2.21. The summed E-state index contributed by atoms with van der Waals surface area (Å²) >= 11 is 0. The maximum absolute atomic E-state index is 10.5. The molecule has 0 aliphatic carbocycles. The number of nitrogens with one attached hydrogen (secondary N) is 1. The Morgan fingerprint density at radius 1 is 1.65 bits per heavy atom. The van der Waals surface area contributed by atoms with Gasteiger partial charge < -0.3 is 14.8 Å². The van der Waals surface area contributed by atoms with Gasteiger partial charge in [0, 0.05) is 18.9 Å². The van der Waals surface area contributed by atoms with Crippen molar-refractivity contribution < 1.29 is 14.3 Å². The average Bonchev–Trinajstić information content (AvgIpc) is 2.69. The van der Waals surface area contributed by atoms with Crippen molar-refractivity contribution in [1.82, 2.24) is 10.3 Å². The number of aromatic nitrogens is 1. The number of hydrogen-bond acceptors (Lipinski definition) is 4. The van der Waals surface area contributed by atoms with Crippen molar-refractivity contribution in [2.24, 2.45) is 0 Å². The molecule has 1 fully saturated rings. The number of carboxylic acid groups (broad SMARTS) is 1. The van der Waals surface area contributed by atoms with Crippen molar-refractivity contribution in [2.75, 3.05) is 13.1 Å². The summed E-state index contributed by atoms with van der Waals surface area (Å²) in [4.78, 5) is 14.9. The van der Waals surface area contributed by atoms with Gasteiger partial charge in [-0.05, 0) is 26.3 Å². The van der Waals surface area contributed by atoms with Gasteiger partial charge in [0.05, 0.1) is 12.1 Å². The average molecular weight is 238 g/mol. The van der Waals surface area contributed by atoms with Crippen LogP contribution in [0, 0.1) is 6.92 Å². The first kappa shape index (κ1) is 12.1. The van der Waals surface area contributed by atoms with E-state index in [2.05, 4.69) is 10.3 Å². The molecule has 0 bridgehead atoms. The first-order chi connectivity index (χ1) is 8.16. The molecule has 5 nitrogen and oxygen atoms in total. The molecule has 94 valence electrons. The lowest BCUT2D eigenvalue weighted by molar-refractivity contribution is -0.137. The van der Waals surface area contributed by atoms with E-state index >= 15 is 0 Å². The molecule has 17 heavy (non-hydrogen) atoms. The highest BCUT2D eigenvalue weighted by Crippen LogP contribution is 2.26. The molecule has 1 aliphatic heterocycles. The fraction of sp³-hybridized carbons (Fsp3) is 0.667. The predicted molar refractivity (Wildman–Crippen MR) is 62.0 cm³/mol. The summed E-state index contributed by atoms with van der Waals surface area (Å²) in [6.45, 7) is 3.91. The molecule has 1 aliphatic rings. The van der Waals surface area contributed by atoms with Crippen LogP contribution in [-0.2, 0) is 11.2 Å². The monoisotopic (exact) mass is 238 g/mol. The minimum atomic E-state index is -0.818. The Balaban J connectivity index is 2.04. The number of aryl methyl sites for hydroxylation is 2. The third-order valence-corrected chi connectivity index (χ3v) is 3.11. The molecule has 0 saturated carbocycles. The largest absolute Gasteiger partial charge is 0.481 e. The van der Waals surface area contributed by atoms with Crippen LogP contribution >= 0.6 is 0 Å². The Morgan fingerprint density at radius 2 is 2.47 bits per heavy atom. The minimum Gasteiger partial charge on any atom is -0.481 e. The summed E-state index contributed by atoms with van der Waals surface area (Å²) in [5, 5.41) is 12.0. The molecule has 0 radical (unpaired) electrons. The van der Waals surface area contributed by atoms with Gasteiger partial charge >= 0.3 is 5.97 Å². The number of rotatable bonds is 4. The highest BCUT2D eigenvalue weighted by atomic mass is 16.4. The van der Waals surface area contributed by atoms with Gasteiger partial charge in [0.2, 0.25) is 0 Å². The van der Waals surface area contributed by atoms with E-state index in [4.69, 9.17) is 9.52 Å². The first-order valence-corrected chi connectivity index (χ1v) is 6.05. The number of aliphatic carboxylic acids is 1. The van der Waals surface area contributed by atoms with Gasteiger partial charge in [0.1, 0.15) is 5.76 Å². The van der Waals surface area contributed by atoms with Crippen molar-refractivity contribution in [3.8, 4) is 0 Å². The lowest BCUT2D eigenvalue weighted by atomic mass is 9.95. The molecule has 1 aromatic heterocycles. The molecule has 1 saturated heterocycles. The molecule has 2 rings (SSSR count). The maximum atomic E-state index is 10.5. The topological polar surface area (TPSA) is 75.4 Å². The molecule has 0 aromatic carbocycles. The number of oxazole rings is 1. The lowest BCUT2D eigenvalue weighted by Crippen LogP contribution is -2.28. The van der Waals surface area contributed by atoms with Crippen LogP contribution in [0.2, 0.25) is 0 Å². The highest BCUT2D eigenvalue weighted by molar-refractivity contribution is 5.66. The SMILES string of the molecule is Cc1oc(CCC(=O)O)nc1C1CCCNC1. The van der Waals surface area contributed by atoms with E-state index < -0.39 is 5.97 Å². The Bertz CT molecular complexity index is 394. The summed E-state index contributed by atoms with van der Waals surface area (Å²) in [6, 6.07) is 0. The second-order valence-corrected chi connectivity index (χ2v) is 4.49. The normalized spacial score (nSPS) is 20.4. The fourth-order valence-electron chi connectivity index (χ4n) is 2.25. The molecule has 5 heteroatoms. The lowest BCUT2D eigenvalue weighted by Gasteiger charge is -2.21. The zero-order valence-electron chi connectivity index (χ0n) is 10.0. The number of piperidine rings is 1. The third-order valence-electron chi connectivity index (χ3n) is 3.11. The maximum Gasteiger partial charge on any atom is 0.303 e. The predicted octanol–water partition coefficient (Wildman–Crippen LogP) is 1.47. The standard InChI is InChI=1S/C12H18N2O3/c1-8-12(9-3-2-6-13-7-9)14-10(17-8)4-5-11(15)16/h9,13H,2-7H2,1H3,(H,15,16). The van der Waals surface area contributed by atoms with Gasteiger partial charge in [0.15, 0.2) is 5.89 Å². The van der Waals surface area contributed by atoms with Gasteiger partial charge in [-0.3, -0.25) is 4.79 Å². The first-order valence-electron chi connectivity index (χ1n) is 6.05. The molecule has 1 unspecified atom stereocenters. The Morgan fingerprint density at radius 3 is 3.12 bits per heavy atom. The van der Waals surface area contributed by atoms with Crippen molar-refractivity contribution >= 4 is 5.97 Å². The van der Waals surface area contributed by atoms with Crippen molar-refractivity contribution in [3.05, 3.63) is 17.3 Å². The van der Waals surface area contributed by atoms with Crippen LogP contribution in [0.5, 0.6) is 0 Å². The minimum absolute atomic E-state index is 0.0717. The van der Waals surface area contributed by atoms with Crippen LogP contribution in [0.25, 0.3) is 0 Å². The van der Waals surface area contributed by atoms with Gasteiger partial charge in [-0.2, -0.15) is 0 Å². The van der Waals surface area contributed by atoms with E-state index in [1.807, 2.05) is 6.92 Å². The van der Waals surface area contributed by atoms with Gasteiger partial charge in [-0.15, -0.1) is 0 Å². The van der Waals surface area contributed by atoms with E-state index in [1.54, 1.807) is 0 Å². The second kappa shape index (κ2) is 5.31. The van der Waals surface area contributed by atoms with Crippen LogP contribution < -0.4 is 5.32 Å². The van der Waals surface area contributed by atoms with Gasteiger partial charge in [-0.25, -0.2) is 4.98 Å². The molecular formula is C12H18N2O3. The quantitative estimate of drug-likeness (QED) is 0.830. The Kier molecular flexibility index (Phi) is 3.78. The van der Waals surface area contributed by atoms with Gasteiger partial charge in [-0.1, -0.05) is 0 Å². The summed E-state index contributed by atoms with van der Waals surface area (Å²) < 4.78 is 5.52. The third kappa shape index (κ3) is 3.06. The van der Waals surface area contributed by atoms with E-state index in [1.165, 1.54) is 0 Å². The summed E-state index contributed by atoms with van der Waals surface area (Å²) in [5.74, 6) is 0.970. The number of carbonyl (C=O) groups is 1. The van der Waals surface area contributed by atoms with Crippen LogP contribution in [0.3, 0.4) is 0 Å². The smallest absolute Gasteiger partial charge is 0.303 e. The van der Waals surface area contributed by atoms with Crippen LogP contribution in [0.1, 0.15) is 42.5 Å². The van der Waals surface area contributed by atoms with E-state index in [0.717, 1.165) is 37.4 Å². The van der Waals surface area contributed by atoms with Crippen LogP contribution in [0.15, 0.2) is 4.42 Å². The number of carboxylic acids is 1. The Hall–Kier alpha value is -1.36. The molecule has 2 heterocycles. The molecule has 0 amide bonds. The second-order valence-electron chi connectivity index (χ2n) is 4.49. The summed E-state index contributed by atoms with van der Waals surface area (Å²) in [6.07, 6.45) is 2.72. The summed E-state index contributed by atoms with van der Waals surface area (Å²) in [7, 11) is 0. The van der Waals surface area contributed by atoms with Crippen molar-refractivity contribution in [3.63, 3.8) is 0 Å². The molecule has 2 N–H and O–H groups in total. The van der Waals surface area contributed by atoms with Gasteiger partial charge in [0.25, 0.3) is 0 Å². The zero-order valence-corrected chi connectivity index (χ0v) is 10.0.